The Morgan fingerprint density at radius 2 is 1.73 bits per heavy atom. The van der Waals surface area contributed by atoms with Gasteiger partial charge < -0.3 is 9.84 Å². The van der Waals surface area contributed by atoms with Crippen LogP contribution in [0.2, 0.25) is 0 Å². The molecule has 8 heteroatoms. The average Bonchev–Trinajstić information content (AvgIpc) is 3.08. The largest absolute Gasteiger partial charge is 0.494 e. The molecule has 0 fully saturated rings. The molecule has 0 unspecified atom stereocenters. The van der Waals surface area contributed by atoms with Crippen molar-refractivity contribution in [1.82, 2.24) is 15.0 Å². The second-order valence-corrected chi connectivity index (χ2v) is 10.1. The Bertz CT molecular complexity index is 1160. The van der Waals surface area contributed by atoms with E-state index in [4.69, 9.17) is 4.74 Å². The molecule has 3 rings (SSSR count). The number of nitrogens with zero attached hydrogens (tertiary/aromatic N) is 3. The highest BCUT2D eigenvalue weighted by Gasteiger charge is 2.27. The summed E-state index contributed by atoms with van der Waals surface area (Å²) in [7, 11) is -2.33. The molecule has 0 saturated heterocycles. The van der Waals surface area contributed by atoms with Crippen molar-refractivity contribution < 1.29 is 18.3 Å². The molecule has 1 aromatic heterocycles. The van der Waals surface area contributed by atoms with Gasteiger partial charge in [0.25, 0.3) is 0 Å². The van der Waals surface area contributed by atoms with Gasteiger partial charge in [-0.3, -0.25) is 0 Å². The standard InChI is InChI=1S/C22H27N3O4S/c1-14-21(30(27,28)18-10-8-17(9-11-18)22(3,4)5)23-24-25(14)19-13-16(15(2)26)7-12-20(19)29-6/h7-13,15,26H,1-6H3/t15-/m0/s1. The Balaban J connectivity index is 2.08. The van der Waals surface area contributed by atoms with Crippen LogP contribution >= 0.6 is 0 Å². The first kappa shape index (κ1) is 22.0. The SMILES string of the molecule is COc1ccc([C@H](C)O)cc1-n1nnc(S(=O)(=O)c2ccc(C(C)(C)C)cc2)c1C. The lowest BCUT2D eigenvalue weighted by molar-refractivity contribution is 0.199. The molecule has 30 heavy (non-hydrogen) atoms. The molecule has 0 aliphatic carbocycles. The lowest BCUT2D eigenvalue weighted by atomic mass is 9.87. The van der Waals surface area contributed by atoms with Crippen LogP contribution in [-0.2, 0) is 15.3 Å². The number of hydrogen-bond acceptors (Lipinski definition) is 6. The molecule has 0 amide bonds. The van der Waals surface area contributed by atoms with Gasteiger partial charge in [-0.05, 0) is 54.7 Å². The number of rotatable bonds is 5. The van der Waals surface area contributed by atoms with Gasteiger partial charge in [0.1, 0.15) is 11.4 Å². The fourth-order valence-corrected chi connectivity index (χ4v) is 4.51. The maximum atomic E-state index is 13.2. The number of sulfone groups is 1. The number of methoxy groups -OCH3 is 1. The Morgan fingerprint density at radius 1 is 1.10 bits per heavy atom. The Morgan fingerprint density at radius 3 is 2.27 bits per heavy atom. The number of ether oxygens (including phenoxy) is 1. The van der Waals surface area contributed by atoms with Crippen molar-refractivity contribution in [2.45, 2.75) is 56.1 Å². The maximum Gasteiger partial charge on any atom is 0.227 e. The van der Waals surface area contributed by atoms with Gasteiger partial charge in [0.15, 0.2) is 0 Å². The van der Waals surface area contributed by atoms with Crippen LogP contribution in [0, 0.1) is 6.92 Å². The monoisotopic (exact) mass is 429 g/mol. The highest BCUT2D eigenvalue weighted by Crippen LogP contribution is 2.30. The molecule has 0 aliphatic heterocycles. The summed E-state index contributed by atoms with van der Waals surface area (Å²) < 4.78 is 33.2. The van der Waals surface area contributed by atoms with Crippen LogP contribution in [0.25, 0.3) is 5.69 Å². The first-order valence-electron chi connectivity index (χ1n) is 9.61. The number of aliphatic hydroxyl groups excluding tert-OH is 1. The molecule has 3 aromatic rings. The Labute approximate surface area is 177 Å². The predicted molar refractivity (Wildman–Crippen MR) is 114 cm³/mol. The van der Waals surface area contributed by atoms with Gasteiger partial charge in [0.05, 0.1) is 23.8 Å². The predicted octanol–water partition coefficient (Wildman–Crippen LogP) is 3.77. The molecule has 1 atom stereocenters. The first-order valence-corrected chi connectivity index (χ1v) is 11.1. The summed E-state index contributed by atoms with van der Waals surface area (Å²) in [5.74, 6) is 0.492. The minimum Gasteiger partial charge on any atom is -0.494 e. The van der Waals surface area contributed by atoms with E-state index in [1.165, 1.54) is 11.8 Å². The molecule has 160 valence electrons. The summed E-state index contributed by atoms with van der Waals surface area (Å²) in [6, 6.07) is 12.0. The van der Waals surface area contributed by atoms with E-state index in [0.29, 0.717) is 22.7 Å². The van der Waals surface area contributed by atoms with Crippen molar-refractivity contribution in [2.24, 2.45) is 0 Å². The van der Waals surface area contributed by atoms with Crippen LogP contribution in [0.1, 0.15) is 50.6 Å². The lowest BCUT2D eigenvalue weighted by Gasteiger charge is -2.19. The minimum atomic E-state index is -3.85. The van der Waals surface area contributed by atoms with Crippen molar-refractivity contribution >= 4 is 9.84 Å². The van der Waals surface area contributed by atoms with Crippen molar-refractivity contribution in [3.63, 3.8) is 0 Å². The van der Waals surface area contributed by atoms with Crippen LogP contribution in [0.15, 0.2) is 52.4 Å². The lowest BCUT2D eigenvalue weighted by Crippen LogP contribution is -2.12. The Kier molecular flexibility index (Phi) is 5.75. The number of aliphatic hydroxyl groups is 1. The molecular weight excluding hydrogens is 402 g/mol. The zero-order valence-electron chi connectivity index (χ0n) is 18.0. The summed E-state index contributed by atoms with van der Waals surface area (Å²) in [5, 5.41) is 17.8. The smallest absolute Gasteiger partial charge is 0.227 e. The van der Waals surface area contributed by atoms with E-state index in [2.05, 4.69) is 31.1 Å². The zero-order chi connectivity index (χ0) is 22.3. The maximum absolute atomic E-state index is 13.2. The fourth-order valence-electron chi connectivity index (χ4n) is 3.17. The molecular formula is C22H27N3O4S. The second kappa shape index (κ2) is 7.85. The molecule has 2 aromatic carbocycles. The van der Waals surface area contributed by atoms with E-state index in [-0.39, 0.29) is 15.3 Å². The van der Waals surface area contributed by atoms with Gasteiger partial charge in [-0.25, -0.2) is 13.1 Å². The fraction of sp³-hybridized carbons (Fsp3) is 0.364. The molecule has 0 bridgehead atoms. The highest BCUT2D eigenvalue weighted by molar-refractivity contribution is 7.91. The minimum absolute atomic E-state index is 0.0766. The topological polar surface area (TPSA) is 94.3 Å². The van der Waals surface area contributed by atoms with Crippen LogP contribution in [-0.4, -0.2) is 35.6 Å². The highest BCUT2D eigenvalue weighted by atomic mass is 32.2. The van der Waals surface area contributed by atoms with E-state index in [1.54, 1.807) is 44.2 Å². The summed E-state index contributed by atoms with van der Waals surface area (Å²) in [4.78, 5) is 0.162. The van der Waals surface area contributed by atoms with Gasteiger partial charge >= 0.3 is 0 Å². The van der Waals surface area contributed by atoms with Crippen molar-refractivity contribution in [3.8, 4) is 11.4 Å². The van der Waals surface area contributed by atoms with E-state index in [9.17, 15) is 13.5 Å². The Hall–Kier alpha value is -2.71. The normalized spacial score (nSPS) is 13.3. The molecule has 0 radical (unpaired) electrons. The first-order chi connectivity index (χ1) is 14.0. The van der Waals surface area contributed by atoms with Crippen LogP contribution in [0.5, 0.6) is 5.75 Å². The summed E-state index contributed by atoms with van der Waals surface area (Å²) >= 11 is 0. The van der Waals surface area contributed by atoms with Crippen molar-refractivity contribution in [3.05, 3.63) is 59.3 Å². The van der Waals surface area contributed by atoms with Gasteiger partial charge in [0, 0.05) is 0 Å². The third-order valence-corrected chi connectivity index (χ3v) is 6.83. The van der Waals surface area contributed by atoms with Crippen LogP contribution in [0.4, 0.5) is 0 Å². The summed E-state index contributed by atoms with van der Waals surface area (Å²) in [6.07, 6.45) is -0.692. The summed E-state index contributed by atoms with van der Waals surface area (Å²) in [6.45, 7) is 9.50. The van der Waals surface area contributed by atoms with Gasteiger partial charge in [0.2, 0.25) is 14.9 Å². The average molecular weight is 430 g/mol. The van der Waals surface area contributed by atoms with Gasteiger partial charge in [-0.2, -0.15) is 0 Å². The number of hydrogen-bond donors (Lipinski definition) is 1. The second-order valence-electron chi connectivity index (χ2n) is 8.28. The van der Waals surface area contributed by atoms with Crippen LogP contribution in [0.3, 0.4) is 0 Å². The number of aromatic nitrogens is 3. The van der Waals surface area contributed by atoms with Crippen molar-refractivity contribution in [2.75, 3.05) is 7.11 Å². The third kappa shape index (κ3) is 3.97. The molecule has 7 nitrogen and oxygen atoms in total. The molecule has 0 aliphatic rings. The molecule has 0 spiro atoms. The molecule has 1 N–H and O–H groups in total. The van der Waals surface area contributed by atoms with E-state index >= 15 is 0 Å². The van der Waals surface area contributed by atoms with E-state index < -0.39 is 15.9 Å². The quantitative estimate of drug-likeness (QED) is 0.663. The summed E-state index contributed by atoms with van der Waals surface area (Å²) in [5.41, 5.74) is 2.48. The van der Waals surface area contributed by atoms with Gasteiger partial charge in [-0.1, -0.05) is 44.2 Å². The van der Waals surface area contributed by atoms with Gasteiger partial charge in [-0.15, -0.1) is 5.10 Å². The third-order valence-electron chi connectivity index (χ3n) is 5.05. The molecule has 1 heterocycles. The zero-order valence-corrected chi connectivity index (χ0v) is 18.9. The van der Waals surface area contributed by atoms with E-state index in [1.807, 2.05) is 12.1 Å². The van der Waals surface area contributed by atoms with E-state index in [0.717, 1.165) is 5.56 Å². The molecule has 0 saturated carbocycles. The number of benzene rings is 2. The van der Waals surface area contributed by atoms with Crippen LogP contribution < -0.4 is 4.74 Å². The van der Waals surface area contributed by atoms with Crippen molar-refractivity contribution in [1.29, 1.82) is 0 Å².